The molecule has 1 saturated heterocycles. The van der Waals surface area contributed by atoms with Crippen LogP contribution in [0.2, 0.25) is 0 Å². The Morgan fingerprint density at radius 2 is 1.82 bits per heavy atom. The van der Waals surface area contributed by atoms with Crippen molar-refractivity contribution >= 4 is 34.7 Å². The lowest BCUT2D eigenvalue weighted by atomic mass is 9.98. The van der Waals surface area contributed by atoms with Gasteiger partial charge >= 0.3 is 0 Å². The minimum Gasteiger partial charge on any atom is -0.399 e. The van der Waals surface area contributed by atoms with Gasteiger partial charge in [-0.15, -0.1) is 0 Å². The van der Waals surface area contributed by atoms with Gasteiger partial charge in [0.1, 0.15) is 5.82 Å². The quantitative estimate of drug-likeness (QED) is 0.350. The fourth-order valence-electron chi connectivity index (χ4n) is 4.68. The van der Waals surface area contributed by atoms with Crippen LogP contribution in [0.1, 0.15) is 22.3 Å². The fraction of sp³-hybridized carbons (Fsp3) is 0.200. The van der Waals surface area contributed by atoms with Crippen LogP contribution in [0.3, 0.4) is 0 Å². The van der Waals surface area contributed by atoms with E-state index in [1.807, 2.05) is 66.7 Å². The van der Waals surface area contributed by atoms with E-state index in [4.69, 9.17) is 5.73 Å². The van der Waals surface area contributed by atoms with Crippen molar-refractivity contribution in [3.05, 3.63) is 96.4 Å². The molecule has 5 rings (SSSR count). The summed E-state index contributed by atoms with van der Waals surface area (Å²) in [7, 11) is 3.47. The highest BCUT2D eigenvalue weighted by Gasteiger charge is 2.32. The van der Waals surface area contributed by atoms with Gasteiger partial charge in [-0.2, -0.15) is 0 Å². The van der Waals surface area contributed by atoms with Gasteiger partial charge in [-0.3, -0.25) is 14.6 Å². The van der Waals surface area contributed by atoms with Crippen molar-refractivity contribution in [3.8, 4) is 11.1 Å². The van der Waals surface area contributed by atoms with Crippen LogP contribution in [-0.2, 0) is 11.2 Å². The molecule has 1 aliphatic heterocycles. The molecule has 1 atom stereocenters. The normalized spacial score (nSPS) is 14.9. The Morgan fingerprint density at radius 1 is 1.03 bits per heavy atom. The van der Waals surface area contributed by atoms with Crippen molar-refractivity contribution in [2.45, 2.75) is 12.8 Å². The number of rotatable bonds is 7. The number of benzene rings is 2. The first-order valence-corrected chi connectivity index (χ1v) is 12.5. The molecule has 1 fully saturated rings. The number of carbonyl (C=O) groups excluding carboxylic acids is 2. The third-order valence-electron chi connectivity index (χ3n) is 6.69. The smallest absolute Gasteiger partial charge is 0.253 e. The summed E-state index contributed by atoms with van der Waals surface area (Å²) in [6.45, 7) is 0.656. The van der Waals surface area contributed by atoms with E-state index in [1.165, 1.54) is 0 Å². The summed E-state index contributed by atoms with van der Waals surface area (Å²) in [4.78, 5) is 37.5. The minimum atomic E-state index is -0.0716. The minimum absolute atomic E-state index is 0.0300. The van der Waals surface area contributed by atoms with Crippen molar-refractivity contribution in [3.63, 3.8) is 0 Å². The summed E-state index contributed by atoms with van der Waals surface area (Å²) in [6.07, 6.45) is 6.68. The van der Waals surface area contributed by atoms with Gasteiger partial charge in [0, 0.05) is 49.6 Å². The Labute approximate surface area is 222 Å². The number of nitrogens with two attached hydrogens (primary N) is 1. The average Bonchev–Trinajstić information content (AvgIpc) is 3.28. The second-order valence-corrected chi connectivity index (χ2v) is 9.69. The summed E-state index contributed by atoms with van der Waals surface area (Å²) in [5, 5.41) is 3.28. The SMILES string of the molecule is CN(C)C(=O)c1ccc(-c2ccc(Nc3cncc(N4CCC(Cc5cccc(N)c5)C4=O)c3)nc2)cc1. The molecule has 0 radical (unpaired) electrons. The van der Waals surface area contributed by atoms with E-state index in [9.17, 15) is 9.59 Å². The van der Waals surface area contributed by atoms with E-state index in [-0.39, 0.29) is 17.7 Å². The van der Waals surface area contributed by atoms with Crippen LogP contribution < -0.4 is 16.0 Å². The van der Waals surface area contributed by atoms with Gasteiger partial charge < -0.3 is 20.9 Å². The van der Waals surface area contributed by atoms with E-state index in [0.29, 0.717) is 30.0 Å². The first kappa shape index (κ1) is 25.0. The first-order valence-electron chi connectivity index (χ1n) is 12.5. The van der Waals surface area contributed by atoms with Crippen LogP contribution in [0.15, 0.2) is 85.3 Å². The molecule has 3 N–H and O–H groups in total. The number of nitrogens with one attached hydrogen (secondary N) is 1. The molecule has 8 nitrogen and oxygen atoms in total. The van der Waals surface area contributed by atoms with Crippen LogP contribution in [0.4, 0.5) is 22.9 Å². The number of pyridine rings is 2. The predicted molar refractivity (Wildman–Crippen MR) is 150 cm³/mol. The molecule has 4 aromatic rings. The number of nitrogens with zero attached hydrogens (tertiary/aromatic N) is 4. The second kappa shape index (κ2) is 10.7. The zero-order valence-corrected chi connectivity index (χ0v) is 21.5. The monoisotopic (exact) mass is 506 g/mol. The first-order chi connectivity index (χ1) is 18.4. The van der Waals surface area contributed by atoms with Crippen molar-refractivity contribution < 1.29 is 9.59 Å². The van der Waals surface area contributed by atoms with Gasteiger partial charge in [-0.25, -0.2) is 4.98 Å². The van der Waals surface area contributed by atoms with E-state index < -0.39 is 0 Å². The summed E-state index contributed by atoms with van der Waals surface area (Å²) in [6, 6.07) is 21.0. The van der Waals surface area contributed by atoms with Crippen molar-refractivity contribution in [2.75, 3.05) is 36.6 Å². The topological polar surface area (TPSA) is 104 Å². The molecular formula is C30H30N6O2. The largest absolute Gasteiger partial charge is 0.399 e. The van der Waals surface area contributed by atoms with Gasteiger partial charge in [-0.05, 0) is 66.4 Å². The molecule has 2 aromatic carbocycles. The highest BCUT2D eigenvalue weighted by atomic mass is 16.2. The lowest BCUT2D eigenvalue weighted by Gasteiger charge is -2.18. The van der Waals surface area contributed by atoms with Crippen molar-refractivity contribution in [1.29, 1.82) is 0 Å². The number of anilines is 4. The maximum Gasteiger partial charge on any atom is 0.253 e. The lowest BCUT2D eigenvalue weighted by Crippen LogP contribution is -2.27. The molecule has 0 bridgehead atoms. The lowest BCUT2D eigenvalue weighted by molar-refractivity contribution is -0.120. The van der Waals surface area contributed by atoms with Crippen molar-refractivity contribution in [2.24, 2.45) is 5.92 Å². The predicted octanol–water partition coefficient (Wildman–Crippen LogP) is 4.77. The number of amides is 2. The molecule has 38 heavy (non-hydrogen) atoms. The fourth-order valence-corrected chi connectivity index (χ4v) is 4.68. The average molecular weight is 507 g/mol. The molecule has 8 heteroatoms. The third kappa shape index (κ3) is 5.49. The Bertz CT molecular complexity index is 1450. The Hall–Kier alpha value is -4.72. The zero-order chi connectivity index (χ0) is 26.6. The van der Waals surface area contributed by atoms with Crippen molar-refractivity contribution in [1.82, 2.24) is 14.9 Å². The van der Waals surface area contributed by atoms with Gasteiger partial charge in [0.15, 0.2) is 0 Å². The molecule has 2 aromatic heterocycles. The number of aromatic nitrogens is 2. The van der Waals surface area contributed by atoms with Crippen LogP contribution >= 0.6 is 0 Å². The van der Waals surface area contributed by atoms with E-state index in [2.05, 4.69) is 15.3 Å². The highest BCUT2D eigenvalue weighted by molar-refractivity contribution is 5.97. The summed E-state index contributed by atoms with van der Waals surface area (Å²) < 4.78 is 0. The van der Waals surface area contributed by atoms with Crippen LogP contribution in [-0.4, -0.2) is 47.3 Å². The molecule has 3 heterocycles. The number of hydrogen-bond donors (Lipinski definition) is 2. The van der Waals surface area contributed by atoms with E-state index in [0.717, 1.165) is 34.5 Å². The molecule has 1 unspecified atom stereocenters. The van der Waals surface area contributed by atoms with E-state index >= 15 is 0 Å². The van der Waals surface area contributed by atoms with Crippen LogP contribution in [0.5, 0.6) is 0 Å². The number of carbonyl (C=O) groups is 2. The molecule has 0 aliphatic carbocycles. The van der Waals surface area contributed by atoms with E-state index in [1.54, 1.807) is 42.5 Å². The van der Waals surface area contributed by atoms with Crippen LogP contribution in [0, 0.1) is 5.92 Å². The summed E-state index contributed by atoms with van der Waals surface area (Å²) in [5.74, 6) is 0.668. The number of nitrogen functional groups attached to an aromatic ring is 1. The van der Waals surface area contributed by atoms with Gasteiger partial charge in [0.05, 0.1) is 23.8 Å². The molecule has 1 aliphatic rings. The maximum absolute atomic E-state index is 13.1. The van der Waals surface area contributed by atoms with Gasteiger partial charge in [0.2, 0.25) is 5.91 Å². The van der Waals surface area contributed by atoms with Gasteiger partial charge in [0.25, 0.3) is 5.91 Å². The maximum atomic E-state index is 13.1. The third-order valence-corrected chi connectivity index (χ3v) is 6.69. The number of hydrogen-bond acceptors (Lipinski definition) is 6. The zero-order valence-electron chi connectivity index (χ0n) is 21.5. The Balaban J connectivity index is 1.24. The molecular weight excluding hydrogens is 476 g/mol. The molecule has 2 amide bonds. The molecule has 192 valence electrons. The standard InChI is InChI=1S/C30H30N6O2/c1-35(2)29(37)22-8-6-21(7-9-22)24-10-11-28(33-17-24)34-26-16-27(19-32-18-26)36-13-12-23(30(36)38)14-20-4-3-5-25(31)15-20/h3-11,15-19,23H,12-14,31H2,1-2H3,(H,33,34). The van der Waals surface area contributed by atoms with Gasteiger partial charge in [-0.1, -0.05) is 24.3 Å². The Kier molecular flexibility index (Phi) is 7.04. The Morgan fingerprint density at radius 3 is 2.53 bits per heavy atom. The molecule has 0 spiro atoms. The summed E-state index contributed by atoms with van der Waals surface area (Å²) in [5.41, 5.74) is 11.8. The molecule has 0 saturated carbocycles. The second-order valence-electron chi connectivity index (χ2n) is 9.69. The van der Waals surface area contributed by atoms with Crippen LogP contribution in [0.25, 0.3) is 11.1 Å². The summed E-state index contributed by atoms with van der Waals surface area (Å²) >= 11 is 0. The highest BCUT2D eigenvalue weighted by Crippen LogP contribution is 2.30.